The van der Waals surface area contributed by atoms with Crippen LogP contribution in [0.25, 0.3) is 0 Å². The van der Waals surface area contributed by atoms with Crippen LogP contribution < -0.4 is 0 Å². The molecule has 2 saturated carbocycles. The van der Waals surface area contributed by atoms with E-state index in [0.717, 1.165) is 18.4 Å². The lowest BCUT2D eigenvalue weighted by atomic mass is 9.81. The monoisotopic (exact) mass is 365 g/mol. The minimum atomic E-state index is 0.469. The van der Waals surface area contributed by atoms with E-state index in [-0.39, 0.29) is 0 Å². The molecule has 0 atom stereocenters. The third kappa shape index (κ3) is 6.22. The van der Waals surface area contributed by atoms with Crippen molar-refractivity contribution in [3.05, 3.63) is 47.5 Å². The van der Waals surface area contributed by atoms with Gasteiger partial charge in [-0.05, 0) is 86.7 Å². The molecule has 2 heteroatoms. The number of aryl methyl sites for hydroxylation is 1. The second-order valence-electron chi connectivity index (χ2n) is 8.57. The van der Waals surface area contributed by atoms with Gasteiger partial charge in [0.15, 0.2) is 0 Å². The second-order valence-corrected chi connectivity index (χ2v) is 8.57. The third-order valence-corrected chi connectivity index (χ3v) is 6.57. The Morgan fingerprint density at radius 1 is 1.00 bits per heavy atom. The van der Waals surface area contributed by atoms with Crippen LogP contribution >= 0.6 is 0 Å². The molecule has 0 aromatic heterocycles. The highest BCUT2D eigenvalue weighted by atomic mass is 16.5. The van der Waals surface area contributed by atoms with Gasteiger partial charge in [0.1, 0.15) is 0 Å². The van der Waals surface area contributed by atoms with Crippen molar-refractivity contribution in [2.45, 2.75) is 83.2 Å². The zero-order valence-corrected chi connectivity index (χ0v) is 16.9. The molecule has 0 unspecified atom stereocenters. The maximum absolute atomic E-state index is 8.65. The summed E-state index contributed by atoms with van der Waals surface area (Å²) in [7, 11) is 0. The largest absolute Gasteiger partial charge is 0.378 e. The van der Waals surface area contributed by atoms with Gasteiger partial charge in [0.2, 0.25) is 0 Å². The van der Waals surface area contributed by atoms with Gasteiger partial charge in [-0.1, -0.05) is 43.7 Å². The quantitative estimate of drug-likeness (QED) is 0.512. The molecule has 2 aliphatic rings. The number of ether oxygens (including phenoxy) is 1. The van der Waals surface area contributed by atoms with E-state index in [0.29, 0.717) is 12.0 Å². The number of allylic oxidation sites excluding steroid dienone is 2. The van der Waals surface area contributed by atoms with Gasteiger partial charge >= 0.3 is 0 Å². The predicted octanol–water partition coefficient (Wildman–Crippen LogP) is 6.57. The summed E-state index contributed by atoms with van der Waals surface area (Å²) in [6, 6.07) is 11.5. The van der Waals surface area contributed by atoms with E-state index in [4.69, 9.17) is 10.00 Å². The molecule has 2 nitrogen and oxygen atoms in total. The van der Waals surface area contributed by atoms with E-state index in [1.54, 1.807) is 6.08 Å². The number of benzene rings is 1. The molecule has 0 bridgehead atoms. The second kappa shape index (κ2) is 10.7. The highest BCUT2D eigenvalue weighted by Crippen LogP contribution is 2.35. The molecular formula is C25H35NO. The maximum atomic E-state index is 8.65. The zero-order chi connectivity index (χ0) is 18.9. The summed E-state index contributed by atoms with van der Waals surface area (Å²) >= 11 is 0. The van der Waals surface area contributed by atoms with Crippen molar-refractivity contribution < 1.29 is 4.74 Å². The first kappa shape index (κ1) is 20.2. The summed E-state index contributed by atoms with van der Waals surface area (Å²) in [5, 5.41) is 8.65. The predicted molar refractivity (Wildman–Crippen MR) is 112 cm³/mol. The lowest BCUT2D eigenvalue weighted by molar-refractivity contribution is -0.00337. The summed E-state index contributed by atoms with van der Waals surface area (Å²) in [5.74, 6) is 2.06. The lowest BCUT2D eigenvalue weighted by Gasteiger charge is -2.32. The van der Waals surface area contributed by atoms with Crippen LogP contribution in [-0.4, -0.2) is 12.7 Å². The zero-order valence-electron chi connectivity index (χ0n) is 16.9. The van der Waals surface area contributed by atoms with E-state index in [1.165, 1.54) is 75.3 Å². The molecule has 0 aliphatic heterocycles. The van der Waals surface area contributed by atoms with Crippen LogP contribution in [0.4, 0.5) is 0 Å². The average Bonchev–Trinajstić information content (AvgIpc) is 2.73. The fourth-order valence-corrected chi connectivity index (χ4v) is 4.81. The molecule has 0 amide bonds. The maximum Gasteiger partial charge on any atom is 0.0908 e. The van der Waals surface area contributed by atoms with E-state index < -0.39 is 0 Å². The van der Waals surface area contributed by atoms with Crippen molar-refractivity contribution in [1.82, 2.24) is 0 Å². The van der Waals surface area contributed by atoms with Crippen LogP contribution in [0.1, 0.15) is 81.8 Å². The first-order valence-corrected chi connectivity index (χ1v) is 11.0. The SMILES string of the molecule is CCCc1ccc(C2CCC(OCC3CCC(/C=C/C#N)CC3)CC2)cc1. The van der Waals surface area contributed by atoms with Crippen LogP contribution in [0.5, 0.6) is 0 Å². The van der Waals surface area contributed by atoms with Crippen molar-refractivity contribution >= 4 is 0 Å². The average molecular weight is 366 g/mol. The molecule has 1 aromatic carbocycles. The van der Waals surface area contributed by atoms with Crippen molar-refractivity contribution in [2.24, 2.45) is 11.8 Å². The van der Waals surface area contributed by atoms with Crippen molar-refractivity contribution in [1.29, 1.82) is 5.26 Å². The smallest absolute Gasteiger partial charge is 0.0908 e. The Morgan fingerprint density at radius 2 is 1.70 bits per heavy atom. The number of nitrogens with zero attached hydrogens (tertiary/aromatic N) is 1. The Labute approximate surface area is 165 Å². The minimum Gasteiger partial charge on any atom is -0.378 e. The highest BCUT2D eigenvalue weighted by molar-refractivity contribution is 5.26. The number of rotatable bonds is 7. The van der Waals surface area contributed by atoms with Crippen LogP contribution in [0.3, 0.4) is 0 Å². The molecule has 27 heavy (non-hydrogen) atoms. The Bertz CT molecular complexity index is 611. The van der Waals surface area contributed by atoms with Gasteiger partial charge in [-0.15, -0.1) is 0 Å². The number of nitriles is 1. The Morgan fingerprint density at radius 3 is 2.33 bits per heavy atom. The Balaban J connectivity index is 1.35. The van der Waals surface area contributed by atoms with Crippen molar-refractivity contribution in [3.8, 4) is 6.07 Å². The normalized spacial score (nSPS) is 28.9. The van der Waals surface area contributed by atoms with E-state index >= 15 is 0 Å². The van der Waals surface area contributed by atoms with Crippen LogP contribution in [0.15, 0.2) is 36.4 Å². The highest BCUT2D eigenvalue weighted by Gasteiger charge is 2.25. The van der Waals surface area contributed by atoms with E-state index in [1.807, 2.05) is 0 Å². The summed E-state index contributed by atoms with van der Waals surface area (Å²) < 4.78 is 6.30. The number of hydrogen-bond acceptors (Lipinski definition) is 2. The standard InChI is InChI=1S/C25H35NO/c1-2-4-20-10-12-23(13-11-20)24-14-16-25(17-15-24)27-19-22-8-6-21(7-9-22)5-3-18-26/h3,5,10-13,21-22,24-25H,2,4,6-9,14-17,19H2,1H3/b5-3+. The van der Waals surface area contributed by atoms with Gasteiger partial charge in [0, 0.05) is 12.7 Å². The van der Waals surface area contributed by atoms with Gasteiger partial charge in [-0.3, -0.25) is 0 Å². The fraction of sp³-hybridized carbons (Fsp3) is 0.640. The first-order valence-electron chi connectivity index (χ1n) is 11.0. The Kier molecular flexibility index (Phi) is 7.96. The summed E-state index contributed by atoms with van der Waals surface area (Å²) in [6.07, 6.45) is 16.5. The van der Waals surface area contributed by atoms with Crippen molar-refractivity contribution in [3.63, 3.8) is 0 Å². The summed E-state index contributed by atoms with van der Waals surface area (Å²) in [6.45, 7) is 3.18. The first-order chi connectivity index (χ1) is 13.3. The van der Waals surface area contributed by atoms with E-state index in [2.05, 4.69) is 43.3 Å². The molecule has 146 valence electrons. The summed E-state index contributed by atoms with van der Waals surface area (Å²) in [4.78, 5) is 0. The molecule has 0 radical (unpaired) electrons. The summed E-state index contributed by atoms with van der Waals surface area (Å²) in [5.41, 5.74) is 2.99. The Hall–Kier alpha value is -1.59. The molecule has 0 spiro atoms. The van der Waals surface area contributed by atoms with Gasteiger partial charge in [-0.25, -0.2) is 0 Å². The molecule has 2 fully saturated rings. The molecule has 3 rings (SSSR count). The van der Waals surface area contributed by atoms with Crippen LogP contribution in [-0.2, 0) is 11.2 Å². The van der Waals surface area contributed by atoms with Crippen LogP contribution in [0.2, 0.25) is 0 Å². The van der Waals surface area contributed by atoms with E-state index in [9.17, 15) is 0 Å². The van der Waals surface area contributed by atoms with Gasteiger partial charge < -0.3 is 4.74 Å². The molecule has 1 aromatic rings. The number of hydrogen-bond donors (Lipinski definition) is 0. The fourth-order valence-electron chi connectivity index (χ4n) is 4.81. The lowest BCUT2D eigenvalue weighted by Crippen LogP contribution is -2.25. The molecule has 0 saturated heterocycles. The van der Waals surface area contributed by atoms with Gasteiger partial charge in [0.25, 0.3) is 0 Å². The molecule has 2 aliphatic carbocycles. The molecule has 0 heterocycles. The van der Waals surface area contributed by atoms with Gasteiger partial charge in [-0.2, -0.15) is 5.26 Å². The van der Waals surface area contributed by atoms with Gasteiger partial charge in [0.05, 0.1) is 12.2 Å². The minimum absolute atomic E-state index is 0.469. The molecular weight excluding hydrogens is 330 g/mol. The topological polar surface area (TPSA) is 33.0 Å². The molecule has 0 N–H and O–H groups in total. The van der Waals surface area contributed by atoms with Crippen LogP contribution in [0, 0.1) is 23.2 Å². The third-order valence-electron chi connectivity index (χ3n) is 6.57. The van der Waals surface area contributed by atoms with Crippen molar-refractivity contribution in [2.75, 3.05) is 6.61 Å².